The predicted molar refractivity (Wildman–Crippen MR) is 68.4 cm³/mol. The zero-order valence-corrected chi connectivity index (χ0v) is 10.8. The summed E-state index contributed by atoms with van der Waals surface area (Å²) in [6.07, 6.45) is -0.00938. The van der Waals surface area contributed by atoms with E-state index < -0.39 is 10.9 Å². The van der Waals surface area contributed by atoms with Gasteiger partial charge in [-0.25, -0.2) is 0 Å². The van der Waals surface area contributed by atoms with E-state index in [1.807, 2.05) is 0 Å². The molecule has 1 aromatic carbocycles. The molecular weight excluding hydrogens is 260 g/mol. The third-order valence-electron chi connectivity index (χ3n) is 2.53. The largest absolute Gasteiger partial charge is 0.481 e. The van der Waals surface area contributed by atoms with Crippen molar-refractivity contribution >= 4 is 28.9 Å². The van der Waals surface area contributed by atoms with Crippen LogP contribution >= 0.6 is 11.6 Å². The molecule has 6 nitrogen and oxygen atoms in total. The monoisotopic (exact) mass is 272 g/mol. The molecule has 98 valence electrons. The molecule has 0 saturated heterocycles. The van der Waals surface area contributed by atoms with Gasteiger partial charge in [-0.3, -0.25) is 14.9 Å². The lowest BCUT2D eigenvalue weighted by atomic mass is 10.1. The Hall–Kier alpha value is -1.82. The number of carbonyl (C=O) groups is 1. The van der Waals surface area contributed by atoms with Crippen molar-refractivity contribution in [3.05, 3.63) is 32.8 Å². The minimum absolute atomic E-state index is 0.00938. The minimum Gasteiger partial charge on any atom is -0.481 e. The maximum Gasteiger partial charge on any atom is 0.305 e. The number of benzene rings is 1. The molecule has 0 aliphatic heterocycles. The molecule has 0 unspecified atom stereocenters. The molecule has 7 heteroatoms. The van der Waals surface area contributed by atoms with Crippen LogP contribution in [0.5, 0.6) is 0 Å². The van der Waals surface area contributed by atoms with Crippen LogP contribution in [0.25, 0.3) is 0 Å². The molecule has 1 N–H and O–H groups in total. The van der Waals surface area contributed by atoms with Crippen molar-refractivity contribution in [1.29, 1.82) is 0 Å². The maximum atomic E-state index is 10.7. The van der Waals surface area contributed by atoms with Gasteiger partial charge in [-0.2, -0.15) is 0 Å². The molecule has 0 aliphatic carbocycles. The van der Waals surface area contributed by atoms with E-state index in [0.717, 1.165) is 0 Å². The minimum atomic E-state index is -0.896. The van der Waals surface area contributed by atoms with Gasteiger partial charge >= 0.3 is 5.97 Å². The van der Waals surface area contributed by atoms with Gasteiger partial charge in [0.15, 0.2) is 0 Å². The van der Waals surface area contributed by atoms with Crippen LogP contribution < -0.4 is 4.90 Å². The van der Waals surface area contributed by atoms with E-state index in [4.69, 9.17) is 16.7 Å². The average molecular weight is 273 g/mol. The number of hydrogen-bond donors (Lipinski definition) is 1. The van der Waals surface area contributed by atoms with Gasteiger partial charge in [0.2, 0.25) is 0 Å². The molecule has 1 rings (SSSR count). The van der Waals surface area contributed by atoms with Crippen LogP contribution in [0.3, 0.4) is 0 Å². The predicted octanol–water partition coefficient (Wildman–Crippen LogP) is 2.47. The Morgan fingerprint density at radius 3 is 2.67 bits per heavy atom. The van der Waals surface area contributed by atoms with E-state index in [0.29, 0.717) is 17.8 Å². The second kappa shape index (κ2) is 5.68. The zero-order valence-electron chi connectivity index (χ0n) is 10.0. The summed E-state index contributed by atoms with van der Waals surface area (Å²) in [7, 11) is 1.72. The number of anilines is 1. The highest BCUT2D eigenvalue weighted by Gasteiger charge is 2.17. The highest BCUT2D eigenvalue weighted by atomic mass is 35.5. The number of nitro groups is 1. The van der Waals surface area contributed by atoms with Gasteiger partial charge in [0.1, 0.15) is 5.02 Å². The van der Waals surface area contributed by atoms with E-state index in [9.17, 15) is 14.9 Å². The highest BCUT2D eigenvalue weighted by Crippen LogP contribution is 2.32. The van der Waals surface area contributed by atoms with Gasteiger partial charge in [-0.05, 0) is 18.6 Å². The molecule has 18 heavy (non-hydrogen) atoms. The van der Waals surface area contributed by atoms with Crippen molar-refractivity contribution in [2.75, 3.05) is 18.5 Å². The van der Waals surface area contributed by atoms with Crippen LogP contribution in [0.15, 0.2) is 12.1 Å². The molecular formula is C11H13ClN2O4. The summed E-state index contributed by atoms with van der Waals surface area (Å²) in [5.41, 5.74) is 1.22. The molecule has 0 bridgehead atoms. The third kappa shape index (κ3) is 3.33. The summed E-state index contributed by atoms with van der Waals surface area (Å²) >= 11 is 5.82. The second-order valence-corrected chi connectivity index (χ2v) is 4.32. The van der Waals surface area contributed by atoms with Crippen molar-refractivity contribution in [1.82, 2.24) is 0 Å². The molecule has 0 fully saturated rings. The lowest BCUT2D eigenvalue weighted by Crippen LogP contribution is -2.21. The maximum absolute atomic E-state index is 10.7. The van der Waals surface area contributed by atoms with Gasteiger partial charge in [0.25, 0.3) is 5.69 Å². The lowest BCUT2D eigenvalue weighted by Gasteiger charge is -2.20. The quantitative estimate of drug-likeness (QED) is 0.657. The van der Waals surface area contributed by atoms with Crippen molar-refractivity contribution in [2.24, 2.45) is 0 Å². The van der Waals surface area contributed by atoms with Gasteiger partial charge in [0.05, 0.1) is 11.3 Å². The van der Waals surface area contributed by atoms with Crippen LogP contribution in [0.1, 0.15) is 12.0 Å². The first-order chi connectivity index (χ1) is 8.32. The number of nitro benzene ring substituents is 1. The van der Waals surface area contributed by atoms with Gasteiger partial charge in [-0.15, -0.1) is 0 Å². The fourth-order valence-electron chi connectivity index (χ4n) is 1.59. The van der Waals surface area contributed by atoms with E-state index in [-0.39, 0.29) is 17.1 Å². The van der Waals surface area contributed by atoms with Crippen molar-refractivity contribution in [3.8, 4) is 0 Å². The number of hydrogen-bond acceptors (Lipinski definition) is 4. The van der Waals surface area contributed by atoms with Crippen LogP contribution in [-0.4, -0.2) is 29.6 Å². The average Bonchev–Trinajstić information content (AvgIpc) is 2.28. The Balaban J connectivity index is 3.00. The van der Waals surface area contributed by atoms with Crippen molar-refractivity contribution in [2.45, 2.75) is 13.3 Å². The lowest BCUT2D eigenvalue weighted by molar-refractivity contribution is -0.384. The topological polar surface area (TPSA) is 83.7 Å². The number of aliphatic carboxylic acids is 1. The molecule has 0 aliphatic rings. The van der Waals surface area contributed by atoms with Crippen LogP contribution in [0.2, 0.25) is 5.02 Å². The fourth-order valence-corrected chi connectivity index (χ4v) is 1.82. The molecule has 0 heterocycles. The molecule has 0 spiro atoms. The Bertz CT molecular complexity index is 490. The number of nitrogens with zero attached hydrogens (tertiary/aromatic N) is 2. The SMILES string of the molecule is Cc1cc([N+](=O)[O-])c(Cl)cc1N(C)CCC(=O)O. The Morgan fingerprint density at radius 2 is 2.17 bits per heavy atom. The first kappa shape index (κ1) is 14.2. The van der Waals surface area contributed by atoms with E-state index >= 15 is 0 Å². The number of carboxylic acids is 1. The van der Waals surface area contributed by atoms with Crippen LogP contribution in [0.4, 0.5) is 11.4 Å². The second-order valence-electron chi connectivity index (χ2n) is 3.91. The summed E-state index contributed by atoms with van der Waals surface area (Å²) < 4.78 is 0. The van der Waals surface area contributed by atoms with E-state index in [2.05, 4.69) is 0 Å². The van der Waals surface area contributed by atoms with Gasteiger partial charge in [0, 0.05) is 25.3 Å². The van der Waals surface area contributed by atoms with Gasteiger partial charge < -0.3 is 10.0 Å². The Labute approximate surface area is 109 Å². The summed E-state index contributed by atoms with van der Waals surface area (Å²) in [4.78, 5) is 22.4. The molecule has 0 aromatic heterocycles. The molecule has 0 radical (unpaired) electrons. The third-order valence-corrected chi connectivity index (χ3v) is 2.84. The fraction of sp³-hybridized carbons (Fsp3) is 0.364. The molecule has 0 amide bonds. The number of carboxylic acid groups (broad SMARTS) is 1. The summed E-state index contributed by atoms with van der Waals surface area (Å²) in [6, 6.07) is 2.87. The van der Waals surface area contributed by atoms with Crippen LogP contribution in [0, 0.1) is 17.0 Å². The first-order valence-electron chi connectivity index (χ1n) is 5.20. The smallest absolute Gasteiger partial charge is 0.305 e. The van der Waals surface area contributed by atoms with Crippen molar-refractivity contribution in [3.63, 3.8) is 0 Å². The standard InChI is InChI=1S/C11H13ClN2O4/c1-7-5-10(14(17)18)8(12)6-9(7)13(2)4-3-11(15)16/h5-6H,3-4H2,1-2H3,(H,15,16). The van der Waals surface area contributed by atoms with E-state index in [1.54, 1.807) is 18.9 Å². The highest BCUT2D eigenvalue weighted by molar-refractivity contribution is 6.33. The molecule has 0 atom stereocenters. The number of aryl methyl sites for hydroxylation is 1. The van der Waals surface area contributed by atoms with Crippen LogP contribution in [-0.2, 0) is 4.79 Å². The Kier molecular flexibility index (Phi) is 4.49. The summed E-state index contributed by atoms with van der Waals surface area (Å²) in [5.74, 6) is -0.896. The number of halogens is 1. The normalized spacial score (nSPS) is 10.2. The Morgan fingerprint density at radius 1 is 1.56 bits per heavy atom. The van der Waals surface area contributed by atoms with Crippen molar-refractivity contribution < 1.29 is 14.8 Å². The molecule has 1 aromatic rings. The summed E-state index contributed by atoms with van der Waals surface area (Å²) in [5, 5.41) is 19.4. The molecule has 0 saturated carbocycles. The van der Waals surface area contributed by atoms with Gasteiger partial charge in [-0.1, -0.05) is 11.6 Å². The number of rotatable bonds is 5. The first-order valence-corrected chi connectivity index (χ1v) is 5.58. The zero-order chi connectivity index (χ0) is 13.9. The summed E-state index contributed by atoms with van der Waals surface area (Å²) in [6.45, 7) is 2.03. The van der Waals surface area contributed by atoms with E-state index in [1.165, 1.54) is 12.1 Å².